The van der Waals surface area contributed by atoms with Crippen LogP contribution in [0.2, 0.25) is 0 Å². The quantitative estimate of drug-likeness (QED) is 0.665. The van der Waals surface area contributed by atoms with Crippen LogP contribution in [0.4, 0.5) is 0 Å². The molecule has 4 fully saturated rings. The minimum Gasteiger partial charge on any atom is -0.490 e. The fourth-order valence-corrected chi connectivity index (χ4v) is 5.53. The molecule has 4 saturated carbocycles. The third-order valence-electron chi connectivity index (χ3n) is 6.07. The number of carbonyl (C=O) groups is 1. The Labute approximate surface area is 143 Å². The van der Waals surface area contributed by atoms with Gasteiger partial charge in [0.25, 0.3) is 0 Å². The predicted molar refractivity (Wildman–Crippen MR) is 89.7 cm³/mol. The second-order valence-electron chi connectivity index (χ2n) is 8.26. The van der Waals surface area contributed by atoms with Crippen LogP contribution in [-0.4, -0.2) is 29.9 Å². The molecule has 4 heteroatoms. The van der Waals surface area contributed by atoms with Crippen LogP contribution in [-0.2, 0) is 9.53 Å². The van der Waals surface area contributed by atoms with E-state index in [1.54, 1.807) is 0 Å². The van der Waals surface area contributed by atoms with Crippen LogP contribution in [0.5, 0.6) is 5.75 Å². The number of aryl methyl sites for hydroxylation is 1. The maximum absolute atomic E-state index is 12.7. The minimum absolute atomic E-state index is 0.123. The lowest BCUT2D eigenvalue weighted by Gasteiger charge is -2.58. The van der Waals surface area contributed by atoms with E-state index in [0.717, 1.165) is 31.4 Å². The van der Waals surface area contributed by atoms with E-state index in [2.05, 4.69) is 0 Å². The lowest BCUT2D eigenvalue weighted by Crippen LogP contribution is -2.58. The van der Waals surface area contributed by atoms with E-state index >= 15 is 0 Å². The fraction of sp³-hybridized carbons (Fsp3) is 0.650. The number of carbonyl (C=O) groups excluding carboxylic acids is 1. The number of benzene rings is 1. The molecule has 1 N–H and O–H groups in total. The van der Waals surface area contributed by atoms with Crippen molar-refractivity contribution in [2.75, 3.05) is 13.2 Å². The van der Waals surface area contributed by atoms with Crippen molar-refractivity contribution in [1.29, 1.82) is 0 Å². The molecular formula is C20H26O4. The zero-order valence-electron chi connectivity index (χ0n) is 14.3. The number of esters is 1. The van der Waals surface area contributed by atoms with Crippen molar-refractivity contribution in [3.63, 3.8) is 0 Å². The molecule has 0 aromatic heterocycles. The smallest absolute Gasteiger partial charge is 0.312 e. The molecule has 4 bridgehead atoms. The topological polar surface area (TPSA) is 55.8 Å². The van der Waals surface area contributed by atoms with Crippen LogP contribution in [0, 0.1) is 24.2 Å². The van der Waals surface area contributed by atoms with Crippen LogP contribution in [0.25, 0.3) is 0 Å². The van der Waals surface area contributed by atoms with Crippen LogP contribution in [0.15, 0.2) is 24.3 Å². The van der Waals surface area contributed by atoms with Gasteiger partial charge in [-0.25, -0.2) is 0 Å². The highest BCUT2D eigenvalue weighted by molar-refractivity contribution is 5.77. The minimum atomic E-state index is -0.624. The molecule has 2 unspecified atom stereocenters. The fourth-order valence-electron chi connectivity index (χ4n) is 5.53. The Morgan fingerprint density at radius 2 is 1.79 bits per heavy atom. The summed E-state index contributed by atoms with van der Waals surface area (Å²) >= 11 is 0. The summed E-state index contributed by atoms with van der Waals surface area (Å²) < 4.78 is 11.2. The van der Waals surface area contributed by atoms with Gasteiger partial charge in [0.05, 0.1) is 11.0 Å². The Balaban J connectivity index is 1.31. The number of hydrogen-bond acceptors (Lipinski definition) is 4. The largest absolute Gasteiger partial charge is 0.490 e. The SMILES string of the molecule is Cc1ccc(OCCOC(=O)C23C[C@@H]4C[C@@H](CC(O)(C4)C2)C3)cc1. The van der Waals surface area contributed by atoms with E-state index in [-0.39, 0.29) is 12.6 Å². The van der Waals surface area contributed by atoms with Gasteiger partial charge >= 0.3 is 5.97 Å². The highest BCUT2D eigenvalue weighted by atomic mass is 16.6. The molecule has 1 aromatic rings. The molecule has 0 heterocycles. The molecule has 4 aliphatic carbocycles. The van der Waals surface area contributed by atoms with Gasteiger partial charge in [0.2, 0.25) is 0 Å². The van der Waals surface area contributed by atoms with Gasteiger partial charge in [-0.1, -0.05) is 17.7 Å². The molecule has 130 valence electrons. The average Bonchev–Trinajstić information content (AvgIpc) is 2.50. The first kappa shape index (κ1) is 15.9. The maximum atomic E-state index is 12.7. The third kappa shape index (κ3) is 2.92. The Morgan fingerprint density at radius 3 is 2.42 bits per heavy atom. The van der Waals surface area contributed by atoms with Crippen LogP contribution < -0.4 is 4.74 Å². The zero-order chi connectivity index (χ0) is 16.8. The van der Waals surface area contributed by atoms with Crippen molar-refractivity contribution in [2.24, 2.45) is 17.3 Å². The second kappa shape index (κ2) is 5.76. The second-order valence-corrected chi connectivity index (χ2v) is 8.26. The zero-order valence-corrected chi connectivity index (χ0v) is 14.3. The predicted octanol–water partition coefficient (Wildman–Crippen LogP) is 3.25. The Morgan fingerprint density at radius 1 is 1.12 bits per heavy atom. The monoisotopic (exact) mass is 330 g/mol. The number of aliphatic hydroxyl groups is 1. The van der Waals surface area contributed by atoms with E-state index in [1.807, 2.05) is 31.2 Å². The molecule has 0 saturated heterocycles. The number of rotatable bonds is 5. The van der Waals surface area contributed by atoms with E-state index in [1.165, 1.54) is 12.0 Å². The standard InChI is InChI=1S/C20H26O4/c1-14-2-4-17(5-3-14)23-6-7-24-18(21)19-9-15-8-16(10-19)12-20(22,11-15)13-19/h2-5,15-16,22H,6-13H2,1H3/t15-,16+,19?,20?. The van der Waals surface area contributed by atoms with Crippen molar-refractivity contribution in [3.8, 4) is 5.75 Å². The highest BCUT2D eigenvalue weighted by Crippen LogP contribution is 2.61. The maximum Gasteiger partial charge on any atom is 0.312 e. The summed E-state index contributed by atoms with van der Waals surface area (Å²) in [5, 5.41) is 10.7. The van der Waals surface area contributed by atoms with E-state index < -0.39 is 11.0 Å². The summed E-state index contributed by atoms with van der Waals surface area (Å²) in [6.45, 7) is 2.66. The van der Waals surface area contributed by atoms with Gasteiger partial charge < -0.3 is 14.6 Å². The van der Waals surface area contributed by atoms with E-state index in [0.29, 0.717) is 24.9 Å². The molecule has 0 spiro atoms. The van der Waals surface area contributed by atoms with Gasteiger partial charge in [-0.15, -0.1) is 0 Å². The molecule has 5 rings (SSSR count). The normalized spacial score (nSPS) is 36.6. The summed E-state index contributed by atoms with van der Waals surface area (Å²) in [5.74, 6) is 1.66. The summed E-state index contributed by atoms with van der Waals surface area (Å²) in [4.78, 5) is 12.7. The van der Waals surface area contributed by atoms with Crippen LogP contribution >= 0.6 is 0 Å². The summed E-state index contributed by atoms with van der Waals surface area (Å²) in [6.07, 6.45) is 5.29. The van der Waals surface area contributed by atoms with Crippen molar-refractivity contribution in [3.05, 3.63) is 29.8 Å². The molecule has 0 radical (unpaired) electrons. The van der Waals surface area contributed by atoms with E-state index in [9.17, 15) is 9.90 Å². The molecule has 24 heavy (non-hydrogen) atoms. The molecular weight excluding hydrogens is 304 g/mol. The van der Waals surface area contributed by atoms with Gasteiger partial charge in [0, 0.05) is 0 Å². The van der Waals surface area contributed by atoms with Gasteiger partial charge in [0.1, 0.15) is 19.0 Å². The van der Waals surface area contributed by atoms with Crippen molar-refractivity contribution < 1.29 is 19.4 Å². The Bertz CT molecular complexity index is 607. The van der Waals surface area contributed by atoms with Crippen molar-refractivity contribution in [2.45, 2.75) is 51.0 Å². The van der Waals surface area contributed by atoms with Crippen LogP contribution in [0.3, 0.4) is 0 Å². The summed E-state index contributed by atoms with van der Waals surface area (Å²) in [7, 11) is 0. The Hall–Kier alpha value is -1.55. The summed E-state index contributed by atoms with van der Waals surface area (Å²) in [5.41, 5.74) is 0.123. The van der Waals surface area contributed by atoms with Gasteiger partial charge in [-0.05, 0) is 69.4 Å². The molecule has 4 nitrogen and oxygen atoms in total. The number of ether oxygens (including phenoxy) is 2. The molecule has 0 aliphatic heterocycles. The van der Waals surface area contributed by atoms with Crippen LogP contribution in [0.1, 0.15) is 44.1 Å². The molecule has 4 atom stereocenters. The number of hydrogen-bond donors (Lipinski definition) is 1. The molecule has 4 aliphatic rings. The molecule has 0 amide bonds. The Kier molecular flexibility index (Phi) is 3.83. The van der Waals surface area contributed by atoms with Gasteiger partial charge in [-0.3, -0.25) is 4.79 Å². The lowest BCUT2D eigenvalue weighted by molar-refractivity contribution is -0.196. The summed E-state index contributed by atoms with van der Waals surface area (Å²) in [6, 6.07) is 7.84. The third-order valence-corrected chi connectivity index (χ3v) is 6.07. The average molecular weight is 330 g/mol. The van der Waals surface area contributed by atoms with E-state index in [4.69, 9.17) is 9.47 Å². The van der Waals surface area contributed by atoms with Crippen molar-refractivity contribution in [1.82, 2.24) is 0 Å². The molecule has 1 aromatic carbocycles. The van der Waals surface area contributed by atoms with Crippen molar-refractivity contribution >= 4 is 5.97 Å². The highest BCUT2D eigenvalue weighted by Gasteiger charge is 2.60. The van der Waals surface area contributed by atoms with Gasteiger partial charge in [-0.2, -0.15) is 0 Å². The first-order chi connectivity index (χ1) is 11.5. The first-order valence-corrected chi connectivity index (χ1v) is 9.06. The lowest BCUT2D eigenvalue weighted by atomic mass is 9.48. The van der Waals surface area contributed by atoms with Gasteiger partial charge in [0.15, 0.2) is 0 Å². The first-order valence-electron chi connectivity index (χ1n) is 9.06.